The molecule has 1 atom stereocenters. The van der Waals surface area contributed by atoms with Crippen molar-refractivity contribution in [2.75, 3.05) is 18.1 Å². The number of carbonyl (C=O) groups is 1. The predicted molar refractivity (Wildman–Crippen MR) is 93.4 cm³/mol. The van der Waals surface area contributed by atoms with Crippen LogP contribution in [0.5, 0.6) is 0 Å². The van der Waals surface area contributed by atoms with Gasteiger partial charge in [-0.05, 0) is 51.3 Å². The molecule has 0 aliphatic carbocycles. The SMILES string of the molecule is CC(C)(C)OC(=O)N1CCCC1CSCCc1ccccc1. The molecule has 1 aliphatic rings. The lowest BCUT2D eigenvalue weighted by Gasteiger charge is -2.28. The van der Waals surface area contributed by atoms with Gasteiger partial charge in [0.2, 0.25) is 0 Å². The molecular formula is C18H27NO2S. The van der Waals surface area contributed by atoms with Crippen LogP contribution in [0.25, 0.3) is 0 Å². The zero-order valence-electron chi connectivity index (χ0n) is 13.9. The van der Waals surface area contributed by atoms with E-state index in [-0.39, 0.29) is 6.09 Å². The highest BCUT2D eigenvalue weighted by atomic mass is 32.2. The minimum atomic E-state index is -0.412. The molecule has 0 bridgehead atoms. The molecule has 1 unspecified atom stereocenters. The van der Waals surface area contributed by atoms with Crippen molar-refractivity contribution in [3.63, 3.8) is 0 Å². The third kappa shape index (κ3) is 5.56. The Labute approximate surface area is 138 Å². The number of benzene rings is 1. The number of aryl methyl sites for hydroxylation is 1. The van der Waals surface area contributed by atoms with Crippen LogP contribution in [-0.4, -0.2) is 40.7 Å². The van der Waals surface area contributed by atoms with Crippen LogP contribution in [0.3, 0.4) is 0 Å². The molecule has 1 amide bonds. The van der Waals surface area contributed by atoms with Crippen LogP contribution in [0.4, 0.5) is 4.79 Å². The second kappa shape index (κ2) is 7.91. The monoisotopic (exact) mass is 321 g/mol. The summed E-state index contributed by atoms with van der Waals surface area (Å²) in [5.74, 6) is 2.11. The molecule has 1 saturated heterocycles. The molecule has 1 aliphatic heterocycles. The molecule has 0 spiro atoms. The molecule has 4 heteroatoms. The van der Waals surface area contributed by atoms with E-state index in [4.69, 9.17) is 4.74 Å². The lowest BCUT2D eigenvalue weighted by Crippen LogP contribution is -2.40. The van der Waals surface area contributed by atoms with Crippen LogP contribution in [0, 0.1) is 0 Å². The number of likely N-dealkylation sites (tertiary alicyclic amines) is 1. The Morgan fingerprint density at radius 3 is 2.73 bits per heavy atom. The molecule has 2 rings (SSSR count). The molecule has 0 radical (unpaired) electrons. The minimum Gasteiger partial charge on any atom is -0.444 e. The summed E-state index contributed by atoms with van der Waals surface area (Å²) in [6.45, 7) is 6.60. The van der Waals surface area contributed by atoms with Crippen LogP contribution < -0.4 is 0 Å². The summed E-state index contributed by atoms with van der Waals surface area (Å²) in [4.78, 5) is 14.1. The zero-order valence-corrected chi connectivity index (χ0v) is 14.7. The van der Waals surface area contributed by atoms with Gasteiger partial charge in [0, 0.05) is 18.3 Å². The molecule has 1 heterocycles. The second-order valence-corrected chi connectivity index (χ2v) is 7.93. The Morgan fingerprint density at radius 2 is 2.05 bits per heavy atom. The van der Waals surface area contributed by atoms with Gasteiger partial charge in [-0.1, -0.05) is 30.3 Å². The lowest BCUT2D eigenvalue weighted by atomic mass is 10.2. The standard InChI is InChI=1S/C18H27NO2S/c1-18(2,3)21-17(20)19-12-7-10-16(19)14-22-13-11-15-8-5-4-6-9-15/h4-6,8-9,16H,7,10-14H2,1-3H3. The van der Waals surface area contributed by atoms with E-state index in [0.29, 0.717) is 6.04 Å². The Morgan fingerprint density at radius 1 is 1.32 bits per heavy atom. The van der Waals surface area contributed by atoms with Crippen molar-refractivity contribution >= 4 is 17.9 Å². The molecule has 0 saturated carbocycles. The number of hydrogen-bond acceptors (Lipinski definition) is 3. The number of hydrogen-bond donors (Lipinski definition) is 0. The van der Waals surface area contributed by atoms with E-state index in [1.807, 2.05) is 43.5 Å². The number of amides is 1. The smallest absolute Gasteiger partial charge is 0.410 e. The maximum atomic E-state index is 12.2. The second-order valence-electron chi connectivity index (χ2n) is 6.78. The van der Waals surface area contributed by atoms with Crippen molar-refractivity contribution in [1.29, 1.82) is 0 Å². The van der Waals surface area contributed by atoms with Gasteiger partial charge in [-0.15, -0.1) is 0 Å². The van der Waals surface area contributed by atoms with Crippen molar-refractivity contribution < 1.29 is 9.53 Å². The highest BCUT2D eigenvalue weighted by Crippen LogP contribution is 2.24. The molecule has 0 N–H and O–H groups in total. The Balaban J connectivity index is 1.73. The van der Waals surface area contributed by atoms with Gasteiger partial charge in [0.25, 0.3) is 0 Å². The van der Waals surface area contributed by atoms with Crippen LogP contribution in [0.2, 0.25) is 0 Å². The summed E-state index contributed by atoms with van der Waals surface area (Å²) < 4.78 is 5.51. The topological polar surface area (TPSA) is 29.5 Å². The van der Waals surface area contributed by atoms with Gasteiger partial charge in [0.05, 0.1) is 0 Å². The van der Waals surface area contributed by atoms with Gasteiger partial charge in [-0.25, -0.2) is 4.79 Å². The fourth-order valence-electron chi connectivity index (χ4n) is 2.62. The Kier molecular flexibility index (Phi) is 6.18. The average molecular weight is 321 g/mol. The predicted octanol–water partition coefficient (Wildman–Crippen LogP) is 4.36. The summed E-state index contributed by atoms with van der Waals surface area (Å²) in [6, 6.07) is 10.9. The van der Waals surface area contributed by atoms with E-state index in [1.165, 1.54) is 5.56 Å². The van der Waals surface area contributed by atoms with Crippen LogP contribution in [0.1, 0.15) is 39.2 Å². The van der Waals surface area contributed by atoms with Crippen molar-refractivity contribution in [1.82, 2.24) is 4.90 Å². The Bertz CT molecular complexity index is 470. The third-order valence-corrected chi connectivity index (χ3v) is 4.81. The summed E-state index contributed by atoms with van der Waals surface area (Å²) in [5.41, 5.74) is 0.968. The van der Waals surface area contributed by atoms with E-state index < -0.39 is 5.60 Å². The normalized spacial score (nSPS) is 18.5. The lowest BCUT2D eigenvalue weighted by molar-refractivity contribution is 0.0242. The molecule has 122 valence electrons. The first-order chi connectivity index (χ1) is 10.5. The quantitative estimate of drug-likeness (QED) is 0.755. The van der Waals surface area contributed by atoms with Crippen molar-refractivity contribution in [3.05, 3.63) is 35.9 Å². The largest absolute Gasteiger partial charge is 0.444 e. The van der Waals surface area contributed by atoms with Gasteiger partial charge in [-0.3, -0.25) is 0 Å². The van der Waals surface area contributed by atoms with E-state index in [9.17, 15) is 4.79 Å². The number of nitrogens with zero attached hydrogens (tertiary/aromatic N) is 1. The molecule has 22 heavy (non-hydrogen) atoms. The number of thioether (sulfide) groups is 1. The van der Waals surface area contributed by atoms with Crippen molar-refractivity contribution in [3.8, 4) is 0 Å². The first-order valence-electron chi connectivity index (χ1n) is 8.07. The number of ether oxygens (including phenoxy) is 1. The van der Waals surface area contributed by atoms with Crippen LogP contribution in [0.15, 0.2) is 30.3 Å². The van der Waals surface area contributed by atoms with Crippen molar-refractivity contribution in [2.45, 2.75) is 51.7 Å². The third-order valence-electron chi connectivity index (χ3n) is 3.69. The maximum absolute atomic E-state index is 12.2. The summed E-state index contributed by atoms with van der Waals surface area (Å²) in [7, 11) is 0. The summed E-state index contributed by atoms with van der Waals surface area (Å²) in [5, 5.41) is 0. The number of carbonyl (C=O) groups excluding carboxylic acids is 1. The first kappa shape index (κ1) is 17.2. The molecule has 1 aromatic carbocycles. The van der Waals surface area contributed by atoms with Gasteiger partial charge in [0.1, 0.15) is 5.60 Å². The van der Waals surface area contributed by atoms with E-state index in [0.717, 1.165) is 37.3 Å². The van der Waals surface area contributed by atoms with Gasteiger partial charge < -0.3 is 9.64 Å². The summed E-state index contributed by atoms with van der Waals surface area (Å²) >= 11 is 1.94. The zero-order chi connectivity index (χ0) is 16.0. The van der Waals surface area contributed by atoms with Gasteiger partial charge in [-0.2, -0.15) is 11.8 Å². The molecular weight excluding hydrogens is 294 g/mol. The summed E-state index contributed by atoms with van der Waals surface area (Å²) in [6.07, 6.45) is 3.12. The molecule has 1 fully saturated rings. The van der Waals surface area contributed by atoms with Crippen LogP contribution in [-0.2, 0) is 11.2 Å². The highest BCUT2D eigenvalue weighted by Gasteiger charge is 2.31. The molecule has 1 aromatic rings. The number of rotatable bonds is 5. The highest BCUT2D eigenvalue weighted by molar-refractivity contribution is 7.99. The first-order valence-corrected chi connectivity index (χ1v) is 9.22. The Hall–Kier alpha value is -1.16. The molecule has 0 aromatic heterocycles. The minimum absolute atomic E-state index is 0.154. The van der Waals surface area contributed by atoms with Gasteiger partial charge in [0.15, 0.2) is 0 Å². The molecule has 3 nitrogen and oxygen atoms in total. The van der Waals surface area contributed by atoms with E-state index in [2.05, 4.69) is 24.3 Å². The van der Waals surface area contributed by atoms with Crippen molar-refractivity contribution in [2.24, 2.45) is 0 Å². The van der Waals surface area contributed by atoms with E-state index in [1.54, 1.807) is 0 Å². The van der Waals surface area contributed by atoms with Gasteiger partial charge >= 0.3 is 6.09 Å². The van der Waals surface area contributed by atoms with E-state index >= 15 is 0 Å². The fourth-order valence-corrected chi connectivity index (χ4v) is 3.79. The average Bonchev–Trinajstić information content (AvgIpc) is 2.91. The maximum Gasteiger partial charge on any atom is 0.410 e. The fraction of sp³-hybridized carbons (Fsp3) is 0.611. The van der Waals surface area contributed by atoms with Crippen LogP contribution >= 0.6 is 11.8 Å².